The third kappa shape index (κ3) is 6.63. The zero-order chi connectivity index (χ0) is 26.4. The van der Waals surface area contributed by atoms with Crippen LogP contribution in [0.25, 0.3) is 0 Å². The van der Waals surface area contributed by atoms with Gasteiger partial charge in [0.15, 0.2) is 0 Å². The van der Waals surface area contributed by atoms with Crippen molar-refractivity contribution in [2.24, 2.45) is 0 Å². The molecule has 1 fully saturated rings. The average molecular weight is 506 g/mol. The molecule has 8 nitrogen and oxygen atoms in total. The highest BCUT2D eigenvalue weighted by molar-refractivity contribution is 6.00. The number of hydrogen-bond acceptors (Lipinski definition) is 4. The molecule has 1 aliphatic heterocycles. The average Bonchev–Trinajstić information content (AvgIpc) is 3.37. The van der Waals surface area contributed by atoms with Gasteiger partial charge in [0, 0.05) is 17.9 Å². The summed E-state index contributed by atoms with van der Waals surface area (Å²) in [7, 11) is 0. The van der Waals surface area contributed by atoms with E-state index in [1.54, 1.807) is 24.3 Å². The number of halogens is 1. The molecule has 3 amide bonds. The molecule has 1 heterocycles. The molecule has 3 aromatic carbocycles. The third-order valence-electron chi connectivity index (χ3n) is 6.23. The number of carbonyl (C=O) groups is 3. The van der Waals surface area contributed by atoms with Crippen molar-refractivity contribution in [1.29, 1.82) is 0 Å². The van der Waals surface area contributed by atoms with Crippen molar-refractivity contribution in [3.8, 4) is 5.75 Å². The van der Waals surface area contributed by atoms with Gasteiger partial charge >= 0.3 is 12.0 Å². The Morgan fingerprint density at radius 1 is 1.03 bits per heavy atom. The second-order valence-corrected chi connectivity index (χ2v) is 8.86. The van der Waals surface area contributed by atoms with Crippen LogP contribution in [0.4, 0.5) is 20.6 Å². The number of carboxylic acids is 1. The Balaban J connectivity index is 1.31. The first-order valence-corrected chi connectivity index (χ1v) is 12.0. The maximum absolute atomic E-state index is 15.0. The second kappa shape index (κ2) is 11.6. The van der Waals surface area contributed by atoms with Gasteiger partial charge in [0.2, 0.25) is 5.91 Å². The fourth-order valence-corrected chi connectivity index (χ4v) is 4.24. The highest BCUT2D eigenvalue weighted by atomic mass is 19.1. The summed E-state index contributed by atoms with van der Waals surface area (Å²) >= 11 is 0. The van der Waals surface area contributed by atoms with Crippen molar-refractivity contribution < 1.29 is 28.6 Å². The molecule has 0 bridgehead atoms. The van der Waals surface area contributed by atoms with Gasteiger partial charge in [-0.05, 0) is 73.4 Å². The molecular weight excluding hydrogens is 477 g/mol. The molecule has 0 saturated carbocycles. The van der Waals surface area contributed by atoms with Crippen molar-refractivity contribution in [2.45, 2.75) is 38.6 Å². The molecule has 37 heavy (non-hydrogen) atoms. The van der Waals surface area contributed by atoms with E-state index in [-0.39, 0.29) is 29.7 Å². The number of urea groups is 1. The van der Waals surface area contributed by atoms with Crippen molar-refractivity contribution in [3.63, 3.8) is 0 Å². The van der Waals surface area contributed by atoms with Gasteiger partial charge in [-0.3, -0.25) is 4.79 Å². The zero-order valence-electron chi connectivity index (χ0n) is 20.3. The summed E-state index contributed by atoms with van der Waals surface area (Å²) in [5.74, 6) is -1.09. The number of nitrogens with one attached hydrogen (secondary N) is 2. The highest BCUT2D eigenvalue weighted by Crippen LogP contribution is 2.26. The number of alkyl halides is 1. The number of ether oxygens (including phenoxy) is 1. The zero-order valence-corrected chi connectivity index (χ0v) is 20.3. The molecule has 0 radical (unpaired) electrons. The maximum atomic E-state index is 15.0. The standard InChI is InChI=1S/C28H28FN3O5/c1-18-5-2-3-6-23(18)31-28(36)30-21-12-8-19(9-13-21)17-25(33)32-16-4-7-24(32)26(29)37-22-14-10-20(11-15-22)27(34)35/h2-3,5-6,8-15,24,26H,4,7,16-17H2,1H3,(H,34,35)(H2,30,31,36)/t24-,26?/m0/s1. The minimum atomic E-state index is -1.74. The molecule has 1 aliphatic rings. The summed E-state index contributed by atoms with van der Waals surface area (Å²) in [5, 5.41) is 14.5. The minimum Gasteiger partial charge on any atom is -0.478 e. The summed E-state index contributed by atoms with van der Waals surface area (Å²) in [6.07, 6.45) is -0.511. The lowest BCUT2D eigenvalue weighted by Gasteiger charge is -2.27. The van der Waals surface area contributed by atoms with Crippen molar-refractivity contribution in [2.75, 3.05) is 17.2 Å². The predicted octanol–water partition coefficient (Wildman–Crippen LogP) is 5.25. The normalized spacial score (nSPS) is 15.6. The minimum absolute atomic E-state index is 0.0774. The number of carboxylic acid groups (broad SMARTS) is 1. The fraction of sp³-hybridized carbons (Fsp3) is 0.250. The Kier molecular flexibility index (Phi) is 8.02. The number of para-hydroxylation sites is 1. The van der Waals surface area contributed by atoms with Crippen LogP contribution >= 0.6 is 0 Å². The van der Waals surface area contributed by atoms with Crippen LogP contribution in [-0.2, 0) is 11.2 Å². The van der Waals surface area contributed by atoms with E-state index in [1.807, 2.05) is 31.2 Å². The van der Waals surface area contributed by atoms with Gasteiger partial charge in [0.1, 0.15) is 5.75 Å². The molecule has 3 aromatic rings. The molecule has 2 atom stereocenters. The largest absolute Gasteiger partial charge is 0.478 e. The van der Waals surface area contributed by atoms with Crippen LogP contribution in [0.3, 0.4) is 0 Å². The number of hydrogen-bond donors (Lipinski definition) is 3. The number of amides is 3. The summed E-state index contributed by atoms with van der Waals surface area (Å²) in [6, 6.07) is 18.8. The summed E-state index contributed by atoms with van der Waals surface area (Å²) in [4.78, 5) is 37.7. The SMILES string of the molecule is Cc1ccccc1NC(=O)Nc1ccc(CC(=O)N2CCC[C@H]2C(F)Oc2ccc(C(=O)O)cc2)cc1. The van der Waals surface area contributed by atoms with Gasteiger partial charge in [0.25, 0.3) is 6.36 Å². The third-order valence-corrected chi connectivity index (χ3v) is 6.23. The summed E-state index contributed by atoms with van der Waals surface area (Å²) < 4.78 is 20.3. The van der Waals surface area contributed by atoms with Gasteiger partial charge in [-0.25, -0.2) is 9.59 Å². The number of aromatic carboxylic acids is 1. The lowest BCUT2D eigenvalue weighted by molar-refractivity contribution is -0.135. The summed E-state index contributed by atoms with van der Waals surface area (Å²) in [6.45, 7) is 2.34. The van der Waals surface area contributed by atoms with E-state index in [9.17, 15) is 18.8 Å². The van der Waals surface area contributed by atoms with Crippen molar-refractivity contribution in [1.82, 2.24) is 4.90 Å². The Labute approximate surface area is 214 Å². The van der Waals surface area contributed by atoms with Crippen LogP contribution in [0.2, 0.25) is 0 Å². The van der Waals surface area contributed by atoms with Gasteiger partial charge in [-0.1, -0.05) is 30.3 Å². The molecule has 3 N–H and O–H groups in total. The first-order valence-electron chi connectivity index (χ1n) is 12.0. The molecule has 4 rings (SSSR count). The first-order chi connectivity index (χ1) is 17.8. The second-order valence-electron chi connectivity index (χ2n) is 8.86. The Bertz CT molecular complexity index is 1260. The van der Waals surface area contributed by atoms with Crippen LogP contribution in [0.15, 0.2) is 72.8 Å². The predicted molar refractivity (Wildman–Crippen MR) is 138 cm³/mol. The highest BCUT2D eigenvalue weighted by Gasteiger charge is 2.36. The number of carbonyl (C=O) groups excluding carboxylic acids is 2. The first kappa shape index (κ1) is 25.7. The van der Waals surface area contributed by atoms with E-state index in [0.29, 0.717) is 25.1 Å². The van der Waals surface area contributed by atoms with E-state index in [0.717, 1.165) is 16.8 Å². The van der Waals surface area contributed by atoms with Crippen LogP contribution in [-0.4, -0.2) is 46.9 Å². The number of likely N-dealkylation sites (tertiary alicyclic amines) is 1. The molecule has 1 saturated heterocycles. The molecule has 0 spiro atoms. The van der Waals surface area contributed by atoms with Gasteiger partial charge in [0.05, 0.1) is 18.0 Å². The smallest absolute Gasteiger partial charge is 0.335 e. The van der Waals surface area contributed by atoms with Crippen LogP contribution in [0.5, 0.6) is 5.75 Å². The number of benzene rings is 3. The Morgan fingerprint density at radius 3 is 2.41 bits per heavy atom. The molecular formula is C28H28FN3O5. The maximum Gasteiger partial charge on any atom is 0.335 e. The number of anilines is 2. The van der Waals surface area contributed by atoms with Crippen molar-refractivity contribution in [3.05, 3.63) is 89.5 Å². The fourth-order valence-electron chi connectivity index (χ4n) is 4.24. The topological polar surface area (TPSA) is 108 Å². The molecule has 0 aliphatic carbocycles. The monoisotopic (exact) mass is 505 g/mol. The van der Waals surface area contributed by atoms with Gasteiger partial charge in [-0.15, -0.1) is 0 Å². The lowest BCUT2D eigenvalue weighted by atomic mass is 10.1. The van der Waals surface area contributed by atoms with Crippen LogP contribution < -0.4 is 15.4 Å². The summed E-state index contributed by atoms with van der Waals surface area (Å²) in [5.41, 5.74) is 3.06. The van der Waals surface area contributed by atoms with E-state index >= 15 is 0 Å². The van der Waals surface area contributed by atoms with E-state index in [2.05, 4.69) is 10.6 Å². The lowest BCUT2D eigenvalue weighted by Crippen LogP contribution is -2.44. The van der Waals surface area contributed by atoms with Crippen LogP contribution in [0, 0.1) is 6.92 Å². The Hall–Kier alpha value is -4.40. The Morgan fingerprint density at radius 2 is 1.73 bits per heavy atom. The quantitative estimate of drug-likeness (QED) is 0.388. The molecule has 9 heteroatoms. The molecule has 192 valence electrons. The molecule has 1 unspecified atom stereocenters. The van der Waals surface area contributed by atoms with E-state index in [4.69, 9.17) is 9.84 Å². The molecule has 0 aromatic heterocycles. The van der Waals surface area contributed by atoms with Crippen LogP contribution in [0.1, 0.15) is 34.3 Å². The van der Waals surface area contributed by atoms with E-state index < -0.39 is 18.4 Å². The number of aryl methyl sites for hydroxylation is 1. The van der Waals surface area contributed by atoms with Crippen molar-refractivity contribution >= 4 is 29.3 Å². The van der Waals surface area contributed by atoms with Gasteiger partial charge in [-0.2, -0.15) is 4.39 Å². The number of nitrogens with zero attached hydrogens (tertiary/aromatic N) is 1. The van der Waals surface area contributed by atoms with E-state index in [1.165, 1.54) is 29.2 Å². The number of rotatable bonds is 8. The van der Waals surface area contributed by atoms with Gasteiger partial charge < -0.3 is 25.4 Å².